The van der Waals surface area contributed by atoms with Gasteiger partial charge in [-0.2, -0.15) is 0 Å². The topological polar surface area (TPSA) is 147 Å². The van der Waals surface area contributed by atoms with E-state index in [0.717, 1.165) is 11.1 Å². The number of hydrogen-bond acceptors (Lipinski definition) is 8. The molecule has 200 valence electrons. The number of ketones is 3. The van der Waals surface area contributed by atoms with E-state index in [1.165, 1.54) is 6.07 Å². The number of hydrogen-bond donors (Lipinski definition) is 3. The van der Waals surface area contributed by atoms with Crippen LogP contribution in [0.15, 0.2) is 42.5 Å². The average molecular weight is 521 g/mol. The quantitative estimate of drug-likeness (QED) is 0.498. The zero-order valence-electron chi connectivity index (χ0n) is 21.6. The molecule has 0 aliphatic heterocycles. The van der Waals surface area contributed by atoms with E-state index in [1.807, 2.05) is 37.3 Å². The Balaban J connectivity index is 1.59. The Morgan fingerprint density at radius 1 is 1.11 bits per heavy atom. The molecule has 1 amide bonds. The van der Waals surface area contributed by atoms with Crippen LogP contribution in [-0.2, 0) is 32.1 Å². The molecule has 3 unspecified atom stereocenters. The van der Waals surface area contributed by atoms with Gasteiger partial charge in [0, 0.05) is 12.0 Å². The SMILES string of the molecule is Cc1ccc(O)c2c1C[C@@H]1C[C@@H]3[C@@H](N(C)C)C(OCc4ccccc4)C(C(N)=O)C(=O)[C@]3(O)C(=O)C1C2=O. The van der Waals surface area contributed by atoms with Gasteiger partial charge >= 0.3 is 0 Å². The molecule has 0 saturated heterocycles. The zero-order valence-corrected chi connectivity index (χ0v) is 21.6. The molecule has 0 radical (unpaired) electrons. The molecule has 2 saturated carbocycles. The van der Waals surface area contributed by atoms with Gasteiger partial charge in [-0.05, 0) is 62.5 Å². The summed E-state index contributed by atoms with van der Waals surface area (Å²) in [5.74, 6) is -8.11. The summed E-state index contributed by atoms with van der Waals surface area (Å²) in [7, 11) is 3.47. The van der Waals surface area contributed by atoms with Crippen LogP contribution in [0.4, 0.5) is 0 Å². The van der Waals surface area contributed by atoms with Crippen molar-refractivity contribution in [2.24, 2.45) is 29.4 Å². The van der Waals surface area contributed by atoms with Crippen molar-refractivity contribution in [3.05, 3.63) is 64.7 Å². The van der Waals surface area contributed by atoms with E-state index in [2.05, 4.69) is 0 Å². The van der Waals surface area contributed by atoms with Crippen LogP contribution in [0.3, 0.4) is 0 Å². The molecule has 0 bridgehead atoms. The van der Waals surface area contributed by atoms with Crippen molar-refractivity contribution < 1.29 is 34.1 Å². The van der Waals surface area contributed by atoms with Gasteiger partial charge in [-0.1, -0.05) is 36.4 Å². The maximum absolute atomic E-state index is 14.0. The molecule has 2 aromatic carbocycles. The Kier molecular flexibility index (Phi) is 6.49. The minimum atomic E-state index is -2.59. The van der Waals surface area contributed by atoms with Gasteiger partial charge in [-0.25, -0.2) is 0 Å². The summed E-state index contributed by atoms with van der Waals surface area (Å²) in [4.78, 5) is 55.8. The number of carbonyl (C=O) groups is 4. The Morgan fingerprint density at radius 2 is 1.79 bits per heavy atom. The van der Waals surface area contributed by atoms with Gasteiger partial charge in [0.1, 0.15) is 11.7 Å². The summed E-state index contributed by atoms with van der Waals surface area (Å²) < 4.78 is 6.18. The van der Waals surface area contributed by atoms with Gasteiger partial charge in [0.05, 0.1) is 24.2 Å². The first-order valence-electron chi connectivity index (χ1n) is 12.8. The van der Waals surface area contributed by atoms with Crippen LogP contribution < -0.4 is 5.73 Å². The molecule has 2 aromatic rings. The molecule has 7 atom stereocenters. The van der Waals surface area contributed by atoms with Gasteiger partial charge in [-0.15, -0.1) is 0 Å². The van der Waals surface area contributed by atoms with Crippen LogP contribution >= 0.6 is 0 Å². The van der Waals surface area contributed by atoms with Crippen molar-refractivity contribution in [2.75, 3.05) is 14.1 Å². The number of benzene rings is 2. The summed E-state index contributed by atoms with van der Waals surface area (Å²) in [6, 6.07) is 11.7. The number of nitrogens with two attached hydrogens (primary N) is 1. The number of aliphatic hydroxyl groups is 1. The van der Waals surface area contributed by atoms with E-state index in [-0.39, 0.29) is 24.3 Å². The smallest absolute Gasteiger partial charge is 0.230 e. The third-order valence-electron chi connectivity index (χ3n) is 8.67. The number of amides is 1. The van der Waals surface area contributed by atoms with E-state index < -0.39 is 64.7 Å². The first-order valence-corrected chi connectivity index (χ1v) is 12.8. The lowest BCUT2D eigenvalue weighted by Crippen LogP contribution is -2.75. The first kappa shape index (κ1) is 26.2. The van der Waals surface area contributed by atoms with Crippen molar-refractivity contribution in [3.8, 4) is 5.75 Å². The van der Waals surface area contributed by atoms with Crippen LogP contribution in [0.25, 0.3) is 0 Å². The summed E-state index contributed by atoms with van der Waals surface area (Å²) in [5, 5.41) is 22.3. The van der Waals surface area contributed by atoms with Crippen molar-refractivity contribution in [3.63, 3.8) is 0 Å². The largest absolute Gasteiger partial charge is 0.507 e. The predicted octanol–water partition coefficient (Wildman–Crippen LogP) is 1.19. The second kappa shape index (κ2) is 9.41. The van der Waals surface area contributed by atoms with Crippen LogP contribution in [0.2, 0.25) is 0 Å². The fraction of sp³-hybridized carbons (Fsp3) is 0.448. The summed E-state index contributed by atoms with van der Waals surface area (Å²) in [5.41, 5.74) is 5.47. The number of phenolic OH excluding ortho intramolecular Hbond substituents is 1. The molecular formula is C29H32N2O7. The Morgan fingerprint density at radius 3 is 2.42 bits per heavy atom. The second-order valence-electron chi connectivity index (χ2n) is 11.0. The fourth-order valence-corrected chi connectivity index (χ4v) is 6.91. The third-order valence-corrected chi connectivity index (χ3v) is 8.67. The van der Waals surface area contributed by atoms with E-state index in [0.29, 0.717) is 12.0 Å². The van der Waals surface area contributed by atoms with Crippen molar-refractivity contribution >= 4 is 23.3 Å². The van der Waals surface area contributed by atoms with Crippen LogP contribution in [-0.4, -0.2) is 70.2 Å². The Labute approximate surface area is 220 Å². The van der Waals surface area contributed by atoms with Gasteiger partial charge in [0.2, 0.25) is 5.91 Å². The lowest BCUT2D eigenvalue weighted by Gasteiger charge is -2.55. The van der Waals surface area contributed by atoms with Crippen LogP contribution in [0.5, 0.6) is 5.75 Å². The molecule has 0 heterocycles. The number of carbonyl (C=O) groups excluding carboxylic acids is 4. The molecule has 5 rings (SSSR count). The zero-order chi connectivity index (χ0) is 27.5. The van der Waals surface area contributed by atoms with Gasteiger partial charge in [0.25, 0.3) is 0 Å². The molecule has 0 spiro atoms. The molecule has 0 aromatic heterocycles. The molecule has 4 N–H and O–H groups in total. The van der Waals surface area contributed by atoms with Crippen LogP contribution in [0.1, 0.15) is 33.5 Å². The normalized spacial score (nSPS) is 32.5. The molecule has 3 aliphatic carbocycles. The lowest BCUT2D eigenvalue weighted by molar-refractivity contribution is -0.196. The summed E-state index contributed by atoms with van der Waals surface area (Å²) >= 11 is 0. The third kappa shape index (κ3) is 3.80. The predicted molar refractivity (Wildman–Crippen MR) is 136 cm³/mol. The number of rotatable bonds is 5. The molecule has 9 nitrogen and oxygen atoms in total. The van der Waals surface area contributed by atoms with E-state index in [9.17, 15) is 29.4 Å². The maximum Gasteiger partial charge on any atom is 0.230 e. The molecule has 3 aliphatic rings. The molecular weight excluding hydrogens is 488 g/mol. The minimum absolute atomic E-state index is 0.0598. The van der Waals surface area contributed by atoms with E-state index in [4.69, 9.17) is 10.5 Å². The number of fused-ring (bicyclic) bond motifs is 3. The summed E-state index contributed by atoms with van der Waals surface area (Å²) in [6.45, 7) is 1.94. The van der Waals surface area contributed by atoms with E-state index in [1.54, 1.807) is 25.1 Å². The monoisotopic (exact) mass is 520 g/mol. The highest BCUT2D eigenvalue weighted by Crippen LogP contribution is 2.52. The van der Waals surface area contributed by atoms with Gasteiger partial charge in [0.15, 0.2) is 23.0 Å². The van der Waals surface area contributed by atoms with Gasteiger partial charge < -0.3 is 25.6 Å². The number of primary amides is 1. The number of aromatic hydroxyl groups is 1. The first-order chi connectivity index (χ1) is 18.0. The molecule has 9 heteroatoms. The standard InChI is InChI=1S/C29H32N2O7/c1-14-9-10-19(32)21-17(14)11-16-12-18-23(31(2)3)25(38-13-15-7-5-4-6-8-15)22(28(30)36)27(35)29(18,37)26(34)20(16)24(21)33/h4-10,16,18,20,22-23,25,32,37H,11-13H2,1-3H3,(H2,30,36)/t16-,18-,20?,22?,23-,25?,29-/m1/s1. The Bertz CT molecular complexity index is 1320. The van der Waals surface area contributed by atoms with Crippen molar-refractivity contribution in [2.45, 2.75) is 44.1 Å². The Hall–Kier alpha value is -3.40. The van der Waals surface area contributed by atoms with E-state index >= 15 is 0 Å². The molecule has 2 fully saturated rings. The van der Waals surface area contributed by atoms with Crippen molar-refractivity contribution in [1.82, 2.24) is 4.90 Å². The number of ether oxygens (including phenoxy) is 1. The average Bonchev–Trinajstić information content (AvgIpc) is 2.87. The number of nitrogens with zero attached hydrogens (tertiary/aromatic N) is 1. The number of Topliss-reactive ketones (excluding diaryl/α,β-unsaturated/α-hetero) is 3. The van der Waals surface area contributed by atoms with Crippen molar-refractivity contribution in [1.29, 1.82) is 0 Å². The second-order valence-corrected chi connectivity index (χ2v) is 11.0. The van der Waals surface area contributed by atoms with Crippen LogP contribution in [0, 0.1) is 30.6 Å². The lowest BCUT2D eigenvalue weighted by atomic mass is 9.52. The number of phenols is 1. The highest BCUT2D eigenvalue weighted by molar-refractivity contribution is 6.25. The highest BCUT2D eigenvalue weighted by Gasteiger charge is 2.69. The highest BCUT2D eigenvalue weighted by atomic mass is 16.5. The molecule has 38 heavy (non-hydrogen) atoms. The maximum atomic E-state index is 14.0. The van der Waals surface area contributed by atoms with Gasteiger partial charge in [-0.3, -0.25) is 19.2 Å². The fourth-order valence-electron chi connectivity index (χ4n) is 6.91. The number of likely N-dealkylation sites (N-methyl/N-ethyl adjacent to an activating group) is 1. The minimum Gasteiger partial charge on any atom is -0.507 e. The summed E-state index contributed by atoms with van der Waals surface area (Å²) in [6.07, 6.45) is -0.492. The number of aryl methyl sites for hydroxylation is 1.